The van der Waals surface area contributed by atoms with E-state index in [2.05, 4.69) is 0 Å². The van der Waals surface area contributed by atoms with Gasteiger partial charge in [0, 0.05) is 40.4 Å². The maximum absolute atomic E-state index is 6.94. The van der Waals surface area contributed by atoms with Crippen LogP contribution in [0.1, 0.15) is 20.8 Å². The van der Waals surface area contributed by atoms with Gasteiger partial charge in [-0.15, -0.1) is 5.54 Å². The summed E-state index contributed by atoms with van der Waals surface area (Å²) < 4.78 is 0. The first-order chi connectivity index (χ1) is 2.00. The van der Waals surface area contributed by atoms with Gasteiger partial charge in [-0.3, -0.25) is 0 Å². The van der Waals surface area contributed by atoms with Gasteiger partial charge in [0.05, 0.1) is 0 Å². The van der Waals surface area contributed by atoms with E-state index >= 15 is 0 Å². The van der Waals surface area contributed by atoms with E-state index in [4.69, 9.17) is 5.73 Å². The van der Waals surface area contributed by atoms with Crippen molar-refractivity contribution in [2.45, 2.75) is 26.3 Å². The Bertz CT molecular complexity index is 23.0. The van der Waals surface area contributed by atoms with Crippen LogP contribution < -0.4 is 0 Å². The van der Waals surface area contributed by atoms with Crippen LogP contribution in [0.5, 0.6) is 0 Å². The van der Waals surface area contributed by atoms with E-state index in [1.807, 2.05) is 20.8 Å². The van der Waals surface area contributed by atoms with Crippen LogP contribution in [-0.4, -0.2) is 5.54 Å². The van der Waals surface area contributed by atoms with Crippen molar-refractivity contribution in [2.75, 3.05) is 0 Å². The van der Waals surface area contributed by atoms with Crippen LogP contribution >= 0.6 is 0 Å². The monoisotopic (exact) mass is 224 g/mol. The summed E-state index contributed by atoms with van der Waals surface area (Å²) in [6.45, 7) is 5.56. The maximum Gasteiger partial charge on any atom is 0 e. The molecule has 38 valence electrons. The standard InChI is InChI=1S/C4H10N.Sm/c1-4(2,3)5;/h5H,1-3H3;/q-1;. The van der Waals surface area contributed by atoms with Gasteiger partial charge in [-0.25, -0.2) is 0 Å². The van der Waals surface area contributed by atoms with Crippen molar-refractivity contribution in [1.82, 2.24) is 0 Å². The molecule has 0 saturated carbocycles. The van der Waals surface area contributed by atoms with Crippen molar-refractivity contribution < 1.29 is 40.4 Å². The Hall–Kier alpha value is 1.30. The molecule has 0 heterocycles. The molecule has 1 nitrogen and oxygen atoms in total. The second-order valence-electron chi connectivity index (χ2n) is 2.25. The molecule has 0 atom stereocenters. The third-order valence-electron chi connectivity index (χ3n) is 0. The van der Waals surface area contributed by atoms with Crippen molar-refractivity contribution >= 4 is 0 Å². The van der Waals surface area contributed by atoms with E-state index in [-0.39, 0.29) is 45.9 Å². The molecule has 0 saturated heterocycles. The van der Waals surface area contributed by atoms with Gasteiger partial charge in [-0.2, -0.15) is 0 Å². The van der Waals surface area contributed by atoms with Gasteiger partial charge in [-0.05, 0) is 0 Å². The van der Waals surface area contributed by atoms with Gasteiger partial charge in [-0.1, -0.05) is 20.8 Å². The molecule has 0 amide bonds. The first kappa shape index (κ1) is 10.3. The van der Waals surface area contributed by atoms with Gasteiger partial charge < -0.3 is 5.73 Å². The van der Waals surface area contributed by atoms with Gasteiger partial charge in [0.25, 0.3) is 0 Å². The minimum absolute atomic E-state index is 0. The molecule has 1 N–H and O–H groups in total. The smallest absolute Gasteiger partial charge is 0 e. The molecule has 0 unspecified atom stereocenters. The summed E-state index contributed by atoms with van der Waals surface area (Å²) in [6.07, 6.45) is 0. The Morgan fingerprint density at radius 2 is 1.17 bits per heavy atom. The van der Waals surface area contributed by atoms with Crippen LogP contribution in [-0.2, 0) is 0 Å². The zero-order valence-corrected chi connectivity index (χ0v) is 7.03. The minimum Gasteiger partial charge on any atom is -0.673 e. The first-order valence-corrected chi connectivity index (χ1v) is 1.75. The molecule has 0 aromatic rings. The predicted molar refractivity (Wildman–Crippen MR) is 24.1 cm³/mol. The molecule has 0 aromatic heterocycles. The molecule has 0 aliphatic carbocycles. The zero-order chi connectivity index (χ0) is 4.50. The van der Waals surface area contributed by atoms with Crippen LogP contribution in [0.4, 0.5) is 0 Å². The van der Waals surface area contributed by atoms with Crippen molar-refractivity contribution in [1.29, 1.82) is 0 Å². The third kappa shape index (κ3) is 58.1. The normalized spacial score (nSPS) is 10.0. The molecular formula is C4H10NSm-. The summed E-state index contributed by atoms with van der Waals surface area (Å²) in [5.41, 5.74) is 6.69. The molecule has 2 heteroatoms. The first-order valence-electron chi connectivity index (χ1n) is 1.75. The van der Waals surface area contributed by atoms with E-state index in [0.29, 0.717) is 0 Å². The van der Waals surface area contributed by atoms with Gasteiger partial charge >= 0.3 is 0 Å². The molecule has 0 aliphatic heterocycles. The average molecular weight is 222 g/mol. The molecule has 0 radical (unpaired) electrons. The third-order valence-corrected chi connectivity index (χ3v) is 0. The van der Waals surface area contributed by atoms with Gasteiger partial charge in [0.2, 0.25) is 0 Å². The molecule has 0 bridgehead atoms. The average Bonchev–Trinajstić information content (AvgIpc) is 0.722. The molecule has 6 heavy (non-hydrogen) atoms. The summed E-state index contributed by atoms with van der Waals surface area (Å²) in [4.78, 5) is 0. The molecule has 0 fully saturated rings. The minimum atomic E-state index is -0.250. The van der Waals surface area contributed by atoms with Crippen LogP contribution in [0.2, 0.25) is 0 Å². The number of nitrogens with one attached hydrogen (secondary N) is 1. The summed E-state index contributed by atoms with van der Waals surface area (Å²) in [5, 5.41) is 0. The van der Waals surface area contributed by atoms with Crippen LogP contribution in [0.25, 0.3) is 5.73 Å². The van der Waals surface area contributed by atoms with Crippen molar-refractivity contribution in [3.8, 4) is 0 Å². The molecule has 0 rings (SSSR count). The SMILES string of the molecule is CC(C)(C)[NH-].[Sm]. The molecule has 0 aliphatic rings. The largest absolute Gasteiger partial charge is 0.673 e. The summed E-state index contributed by atoms with van der Waals surface area (Å²) in [6, 6.07) is 0. The number of hydrogen-bond donors (Lipinski definition) is 0. The fourth-order valence-corrected chi connectivity index (χ4v) is 0. The Labute approximate surface area is 71.8 Å². The predicted octanol–water partition coefficient (Wildman–Crippen LogP) is 1.84. The van der Waals surface area contributed by atoms with Crippen molar-refractivity contribution in [2.24, 2.45) is 0 Å². The van der Waals surface area contributed by atoms with E-state index in [1.54, 1.807) is 0 Å². The quantitative estimate of drug-likeness (QED) is 0.597. The fraction of sp³-hybridized carbons (Fsp3) is 1.00. The second kappa shape index (κ2) is 3.32. The fourth-order valence-electron chi connectivity index (χ4n) is 0. The summed E-state index contributed by atoms with van der Waals surface area (Å²) in [7, 11) is 0. The van der Waals surface area contributed by atoms with Crippen LogP contribution in [0.3, 0.4) is 0 Å². The summed E-state index contributed by atoms with van der Waals surface area (Å²) in [5.74, 6) is 0. The van der Waals surface area contributed by atoms with Gasteiger partial charge in [0.1, 0.15) is 0 Å². The van der Waals surface area contributed by atoms with E-state index in [9.17, 15) is 0 Å². The van der Waals surface area contributed by atoms with E-state index in [0.717, 1.165) is 0 Å². The van der Waals surface area contributed by atoms with Gasteiger partial charge in [0.15, 0.2) is 0 Å². The maximum atomic E-state index is 6.94. The molecule has 0 aromatic carbocycles. The van der Waals surface area contributed by atoms with Crippen molar-refractivity contribution in [3.05, 3.63) is 5.73 Å². The Balaban J connectivity index is 0. The molecular weight excluding hydrogens is 212 g/mol. The van der Waals surface area contributed by atoms with Crippen LogP contribution in [0, 0.1) is 40.4 Å². The second-order valence-corrected chi connectivity index (χ2v) is 2.25. The van der Waals surface area contributed by atoms with Crippen LogP contribution in [0.15, 0.2) is 0 Å². The van der Waals surface area contributed by atoms with E-state index < -0.39 is 0 Å². The topological polar surface area (TPSA) is 23.8 Å². The zero-order valence-electron chi connectivity index (χ0n) is 4.41. The summed E-state index contributed by atoms with van der Waals surface area (Å²) >= 11 is 0. The molecule has 0 spiro atoms. The Morgan fingerprint density at radius 3 is 1.17 bits per heavy atom. The number of rotatable bonds is 0. The Morgan fingerprint density at radius 1 is 1.17 bits per heavy atom. The Kier molecular flexibility index (Phi) is 5.70. The number of hydrogen-bond acceptors (Lipinski definition) is 0. The van der Waals surface area contributed by atoms with Crippen molar-refractivity contribution in [3.63, 3.8) is 0 Å². The van der Waals surface area contributed by atoms with E-state index in [1.165, 1.54) is 0 Å².